The molecule has 0 unspecified atom stereocenters. The molecule has 6 aromatic carbocycles. The summed E-state index contributed by atoms with van der Waals surface area (Å²) < 4.78 is 12.4. The van der Waals surface area contributed by atoms with Crippen molar-refractivity contribution in [3.05, 3.63) is 121 Å². The van der Waals surface area contributed by atoms with Gasteiger partial charge in [-0.2, -0.15) is 0 Å². The first-order valence-corrected chi connectivity index (χ1v) is 12.2. The van der Waals surface area contributed by atoms with Gasteiger partial charge in [0.25, 0.3) is 0 Å². The third-order valence-electron chi connectivity index (χ3n) is 7.30. The molecule has 2 heterocycles. The topological polar surface area (TPSA) is 22.4 Å². The van der Waals surface area contributed by atoms with Gasteiger partial charge in [0.2, 0.25) is 0 Å². The van der Waals surface area contributed by atoms with E-state index in [-0.39, 0.29) is 0 Å². The van der Waals surface area contributed by atoms with Crippen molar-refractivity contribution in [1.29, 1.82) is 0 Å². The summed E-state index contributed by atoms with van der Waals surface area (Å²) in [5.74, 6) is 1.82. The summed E-state index contributed by atoms with van der Waals surface area (Å²) in [6.07, 6.45) is 0. The van der Waals surface area contributed by atoms with Gasteiger partial charge in [-0.25, -0.2) is 0 Å². The summed E-state index contributed by atoms with van der Waals surface area (Å²) in [6.45, 7) is 0. The predicted octanol–water partition coefficient (Wildman–Crippen LogP) is 9.85. The Labute approximate surface area is 208 Å². The van der Waals surface area contributed by atoms with E-state index in [1.165, 1.54) is 38.6 Å². The molecule has 0 saturated carbocycles. The highest BCUT2D eigenvalue weighted by atomic mass is 16.5. The quantitative estimate of drug-likeness (QED) is 0.256. The molecular weight excluding hydrogens is 440 g/mol. The molecule has 2 heteroatoms. The van der Waals surface area contributed by atoms with Crippen LogP contribution in [0, 0.1) is 0 Å². The third-order valence-corrected chi connectivity index (χ3v) is 7.30. The van der Waals surface area contributed by atoms with E-state index in [0.717, 1.165) is 39.0 Å². The maximum atomic E-state index is 6.33. The normalized spacial score (nSPS) is 12.1. The fourth-order valence-corrected chi connectivity index (χ4v) is 5.68. The Balaban J connectivity index is 1.37. The number of rotatable bonds is 2. The molecule has 1 aliphatic rings. The Kier molecular flexibility index (Phi) is 3.97. The number of furan rings is 1. The van der Waals surface area contributed by atoms with Gasteiger partial charge in [-0.1, -0.05) is 91.0 Å². The molecule has 0 fully saturated rings. The van der Waals surface area contributed by atoms with Gasteiger partial charge in [-0.3, -0.25) is 0 Å². The molecule has 0 saturated heterocycles. The number of hydrogen-bond donors (Lipinski definition) is 0. The summed E-state index contributed by atoms with van der Waals surface area (Å²) in [6, 6.07) is 42.5. The third kappa shape index (κ3) is 2.73. The Morgan fingerprint density at radius 1 is 0.389 bits per heavy atom. The van der Waals surface area contributed by atoms with Crippen LogP contribution in [-0.2, 0) is 0 Å². The zero-order valence-electron chi connectivity index (χ0n) is 19.4. The highest BCUT2D eigenvalue weighted by Gasteiger charge is 2.22. The lowest BCUT2D eigenvalue weighted by Gasteiger charge is -2.23. The fourth-order valence-electron chi connectivity index (χ4n) is 5.68. The maximum absolute atomic E-state index is 6.33. The summed E-state index contributed by atoms with van der Waals surface area (Å²) >= 11 is 0. The number of fused-ring (bicyclic) bond motifs is 5. The van der Waals surface area contributed by atoms with E-state index in [4.69, 9.17) is 9.15 Å². The van der Waals surface area contributed by atoms with Crippen LogP contribution >= 0.6 is 0 Å². The van der Waals surface area contributed by atoms with Crippen molar-refractivity contribution in [1.82, 2.24) is 0 Å². The zero-order chi connectivity index (χ0) is 23.6. The van der Waals surface area contributed by atoms with Crippen LogP contribution in [0.3, 0.4) is 0 Å². The summed E-state index contributed by atoms with van der Waals surface area (Å²) in [4.78, 5) is 0. The van der Waals surface area contributed by atoms with E-state index in [1.807, 2.05) is 24.3 Å². The lowest BCUT2D eigenvalue weighted by Crippen LogP contribution is -1.98. The zero-order valence-corrected chi connectivity index (χ0v) is 19.4. The van der Waals surface area contributed by atoms with E-state index in [2.05, 4.69) is 97.1 Å². The van der Waals surface area contributed by atoms with Crippen LogP contribution in [-0.4, -0.2) is 0 Å². The Hall–Kier alpha value is -4.82. The standard InChI is InChI=1S/C34H20O2/c1-2-9-23(22(8-1)21-16-18-32-29(20-21)26-11-4-6-15-31(26)35-32)24-17-19-33-34-27(24)12-7-13-28(34)25-10-3-5-14-30(25)36-33/h1-20H. The maximum Gasteiger partial charge on any atom is 0.135 e. The first-order valence-electron chi connectivity index (χ1n) is 12.2. The van der Waals surface area contributed by atoms with Gasteiger partial charge in [0.15, 0.2) is 0 Å². The van der Waals surface area contributed by atoms with Crippen molar-refractivity contribution in [3.8, 4) is 44.9 Å². The molecule has 36 heavy (non-hydrogen) atoms. The molecule has 0 spiro atoms. The van der Waals surface area contributed by atoms with Crippen LogP contribution in [0.15, 0.2) is 126 Å². The number of hydrogen-bond acceptors (Lipinski definition) is 2. The molecule has 0 radical (unpaired) electrons. The van der Waals surface area contributed by atoms with Crippen LogP contribution in [0.1, 0.15) is 0 Å². The van der Waals surface area contributed by atoms with Crippen molar-refractivity contribution in [2.45, 2.75) is 0 Å². The molecule has 0 aliphatic carbocycles. The Morgan fingerprint density at radius 2 is 1.11 bits per heavy atom. The molecule has 7 aromatic rings. The lowest BCUT2D eigenvalue weighted by molar-refractivity contribution is 0.487. The fraction of sp³-hybridized carbons (Fsp3) is 0. The van der Waals surface area contributed by atoms with Crippen LogP contribution in [0.4, 0.5) is 0 Å². The van der Waals surface area contributed by atoms with Crippen molar-refractivity contribution >= 4 is 32.7 Å². The molecule has 2 nitrogen and oxygen atoms in total. The molecule has 0 amide bonds. The number of benzene rings is 6. The monoisotopic (exact) mass is 460 g/mol. The number of ether oxygens (including phenoxy) is 1. The van der Waals surface area contributed by atoms with Gasteiger partial charge >= 0.3 is 0 Å². The SMILES string of the molecule is c1ccc2c(c1)Oc1ccc(-c3ccccc3-c3ccc4oc5ccccc5c4c3)c3cccc-2c13. The van der Waals surface area contributed by atoms with E-state index < -0.39 is 0 Å². The van der Waals surface area contributed by atoms with Gasteiger partial charge in [-0.15, -0.1) is 0 Å². The van der Waals surface area contributed by atoms with Crippen molar-refractivity contribution < 1.29 is 9.15 Å². The Morgan fingerprint density at radius 3 is 2.06 bits per heavy atom. The van der Waals surface area contributed by atoms with Crippen molar-refractivity contribution in [2.24, 2.45) is 0 Å². The molecular formula is C34H20O2. The van der Waals surface area contributed by atoms with Gasteiger partial charge < -0.3 is 9.15 Å². The van der Waals surface area contributed by atoms with Gasteiger partial charge in [0.1, 0.15) is 22.7 Å². The van der Waals surface area contributed by atoms with Crippen LogP contribution in [0.2, 0.25) is 0 Å². The minimum Gasteiger partial charge on any atom is -0.456 e. The summed E-state index contributed by atoms with van der Waals surface area (Å²) in [5, 5.41) is 4.64. The minimum atomic E-state index is 0.909. The molecule has 0 atom stereocenters. The Bertz CT molecular complexity index is 1980. The average molecular weight is 461 g/mol. The molecule has 168 valence electrons. The molecule has 0 N–H and O–H groups in total. The van der Waals surface area contributed by atoms with Crippen LogP contribution in [0.25, 0.3) is 66.1 Å². The second kappa shape index (κ2) is 7.34. The van der Waals surface area contributed by atoms with Gasteiger partial charge in [0.05, 0.1) is 0 Å². The molecule has 1 aliphatic heterocycles. The predicted molar refractivity (Wildman–Crippen MR) is 148 cm³/mol. The molecule has 8 rings (SSSR count). The van der Waals surface area contributed by atoms with Crippen LogP contribution < -0.4 is 4.74 Å². The van der Waals surface area contributed by atoms with Crippen LogP contribution in [0.5, 0.6) is 11.5 Å². The largest absolute Gasteiger partial charge is 0.456 e. The first kappa shape index (κ1) is 19.5. The van der Waals surface area contributed by atoms with Crippen molar-refractivity contribution in [2.75, 3.05) is 0 Å². The first-order chi connectivity index (χ1) is 17.8. The summed E-state index contributed by atoms with van der Waals surface area (Å²) in [5.41, 5.74) is 8.96. The van der Waals surface area contributed by atoms with Gasteiger partial charge in [-0.05, 0) is 63.5 Å². The second-order valence-electron chi connectivity index (χ2n) is 9.29. The second-order valence-corrected chi connectivity index (χ2v) is 9.29. The number of para-hydroxylation sites is 2. The van der Waals surface area contributed by atoms with E-state index >= 15 is 0 Å². The molecule has 1 aromatic heterocycles. The average Bonchev–Trinajstić information content (AvgIpc) is 3.31. The molecule has 0 bridgehead atoms. The highest BCUT2D eigenvalue weighted by molar-refractivity contribution is 6.12. The van der Waals surface area contributed by atoms with Crippen molar-refractivity contribution in [3.63, 3.8) is 0 Å². The minimum absolute atomic E-state index is 0.909. The van der Waals surface area contributed by atoms with Gasteiger partial charge in [0, 0.05) is 21.7 Å². The van der Waals surface area contributed by atoms with E-state index in [9.17, 15) is 0 Å². The van der Waals surface area contributed by atoms with E-state index in [0.29, 0.717) is 0 Å². The lowest BCUT2D eigenvalue weighted by atomic mass is 9.87. The van der Waals surface area contributed by atoms with E-state index in [1.54, 1.807) is 0 Å². The summed E-state index contributed by atoms with van der Waals surface area (Å²) in [7, 11) is 0. The smallest absolute Gasteiger partial charge is 0.135 e. The highest BCUT2D eigenvalue weighted by Crippen LogP contribution is 2.49.